The van der Waals surface area contributed by atoms with Gasteiger partial charge in [-0.05, 0) is 24.2 Å². The summed E-state index contributed by atoms with van der Waals surface area (Å²) in [6.07, 6.45) is 32.1. The summed E-state index contributed by atoms with van der Waals surface area (Å²) in [5.74, 6) is 0.936. The molecule has 0 saturated heterocycles. The van der Waals surface area contributed by atoms with Crippen molar-refractivity contribution in [3.63, 3.8) is 0 Å². The number of hydrogen-bond donors (Lipinski definition) is 0. The van der Waals surface area contributed by atoms with Crippen molar-refractivity contribution in [3.05, 3.63) is 0 Å². The third-order valence-corrected chi connectivity index (χ3v) is 7.04. The van der Waals surface area contributed by atoms with Gasteiger partial charge in [0.25, 0.3) is 0 Å². The molecule has 0 spiro atoms. The Bertz CT molecular complexity index is 274. The van der Waals surface area contributed by atoms with E-state index < -0.39 is 0 Å². The van der Waals surface area contributed by atoms with Gasteiger partial charge in [0.2, 0.25) is 0 Å². The first kappa shape index (κ1) is 29.0. The molecule has 0 unspecified atom stereocenters. The first-order chi connectivity index (χ1) is 14.0. The Hall–Kier alpha value is 0. The molecule has 0 atom stereocenters. The van der Waals surface area contributed by atoms with E-state index in [0.29, 0.717) is 5.41 Å². The van der Waals surface area contributed by atoms with E-state index in [1.165, 1.54) is 141 Å². The van der Waals surface area contributed by atoms with Crippen molar-refractivity contribution in [1.29, 1.82) is 0 Å². The zero-order chi connectivity index (χ0) is 21.6. The van der Waals surface area contributed by atoms with Crippen molar-refractivity contribution in [2.24, 2.45) is 11.3 Å². The molecule has 0 aliphatic rings. The quantitative estimate of drug-likeness (QED) is 0.156. The van der Waals surface area contributed by atoms with Gasteiger partial charge in [-0.25, -0.2) is 0 Å². The summed E-state index contributed by atoms with van der Waals surface area (Å²) >= 11 is 0. The second-order valence-corrected chi connectivity index (χ2v) is 11.0. The lowest BCUT2D eigenvalue weighted by Crippen LogP contribution is -2.20. The van der Waals surface area contributed by atoms with E-state index in [1.807, 2.05) is 0 Å². The summed E-state index contributed by atoms with van der Waals surface area (Å²) in [5.41, 5.74) is 0.499. The second kappa shape index (κ2) is 21.2. The van der Waals surface area contributed by atoms with Crippen molar-refractivity contribution in [2.45, 2.75) is 176 Å². The zero-order valence-electron chi connectivity index (χ0n) is 21.6. The Morgan fingerprint density at radius 1 is 0.379 bits per heavy atom. The van der Waals surface area contributed by atoms with Crippen LogP contribution in [0.5, 0.6) is 0 Å². The van der Waals surface area contributed by atoms with Crippen molar-refractivity contribution in [1.82, 2.24) is 0 Å². The van der Waals surface area contributed by atoms with Crippen LogP contribution in [-0.4, -0.2) is 0 Å². The van der Waals surface area contributed by atoms with Crippen LogP contribution in [0.2, 0.25) is 0 Å². The Morgan fingerprint density at radius 3 is 0.862 bits per heavy atom. The lowest BCUT2D eigenvalue weighted by Gasteiger charge is -2.31. The van der Waals surface area contributed by atoms with Gasteiger partial charge in [-0.1, -0.05) is 163 Å². The Morgan fingerprint density at radius 2 is 0.621 bits per heavy atom. The highest BCUT2D eigenvalue weighted by molar-refractivity contribution is 4.74. The minimum absolute atomic E-state index is 0.499. The van der Waals surface area contributed by atoms with Crippen LogP contribution in [0.25, 0.3) is 0 Å². The zero-order valence-corrected chi connectivity index (χ0v) is 21.6. The van der Waals surface area contributed by atoms with E-state index in [4.69, 9.17) is 0 Å². The molecule has 0 bridgehead atoms. The molecule has 0 rings (SSSR count). The van der Waals surface area contributed by atoms with Crippen molar-refractivity contribution in [3.8, 4) is 0 Å². The van der Waals surface area contributed by atoms with Gasteiger partial charge >= 0.3 is 0 Å². The Labute approximate surface area is 187 Å². The lowest BCUT2D eigenvalue weighted by atomic mass is 9.75. The highest BCUT2D eigenvalue weighted by Crippen LogP contribution is 2.34. The maximum Gasteiger partial charge on any atom is -0.0354 e. The van der Waals surface area contributed by atoms with Crippen LogP contribution >= 0.6 is 0 Å². The molecule has 0 fully saturated rings. The van der Waals surface area contributed by atoms with Crippen molar-refractivity contribution < 1.29 is 0 Å². The van der Waals surface area contributed by atoms with E-state index >= 15 is 0 Å². The summed E-state index contributed by atoms with van der Waals surface area (Å²) < 4.78 is 0. The summed E-state index contributed by atoms with van der Waals surface area (Å²) in [6.45, 7) is 12.0. The van der Waals surface area contributed by atoms with Gasteiger partial charge in [0.1, 0.15) is 0 Å². The molecule has 0 saturated carbocycles. The van der Waals surface area contributed by atoms with Gasteiger partial charge in [0, 0.05) is 0 Å². The van der Waals surface area contributed by atoms with E-state index in [0.717, 1.165) is 5.92 Å². The molecular weight excluding hydrogens is 348 g/mol. The molecule has 0 amide bonds. The monoisotopic (exact) mass is 408 g/mol. The molecule has 0 aromatic carbocycles. The lowest BCUT2D eigenvalue weighted by molar-refractivity contribution is 0.201. The molecule has 0 aromatic rings. The molecule has 0 nitrogen and oxygen atoms in total. The van der Waals surface area contributed by atoms with Crippen LogP contribution in [0, 0.1) is 11.3 Å². The first-order valence-electron chi connectivity index (χ1n) is 14.0. The Kier molecular flexibility index (Phi) is 21.2. The largest absolute Gasteiger partial charge is 0.0654 e. The van der Waals surface area contributed by atoms with E-state index in [-0.39, 0.29) is 0 Å². The van der Waals surface area contributed by atoms with Crippen LogP contribution in [0.1, 0.15) is 176 Å². The van der Waals surface area contributed by atoms with Gasteiger partial charge in [-0.15, -0.1) is 0 Å². The molecule has 0 aromatic heterocycles. The molecule has 29 heavy (non-hydrogen) atoms. The molecule has 0 N–H and O–H groups in total. The molecule has 0 aliphatic carbocycles. The highest BCUT2D eigenvalue weighted by Gasteiger charge is 2.23. The van der Waals surface area contributed by atoms with Crippen molar-refractivity contribution in [2.75, 3.05) is 0 Å². The molecular formula is C29H60. The van der Waals surface area contributed by atoms with Crippen LogP contribution in [0.3, 0.4) is 0 Å². The van der Waals surface area contributed by atoms with Gasteiger partial charge in [0.05, 0.1) is 0 Å². The maximum atomic E-state index is 2.48. The molecule has 0 aliphatic heterocycles. The van der Waals surface area contributed by atoms with Crippen LogP contribution < -0.4 is 0 Å². The van der Waals surface area contributed by atoms with Crippen LogP contribution in [-0.2, 0) is 0 Å². The SMILES string of the molecule is CCCCCCCCCCCCC(CCCCCCCCCCCC)C(C)(C)C. The number of rotatable bonds is 22. The maximum absolute atomic E-state index is 2.48. The fourth-order valence-corrected chi connectivity index (χ4v) is 4.77. The van der Waals surface area contributed by atoms with Crippen LogP contribution in [0.4, 0.5) is 0 Å². The van der Waals surface area contributed by atoms with E-state index in [2.05, 4.69) is 34.6 Å². The van der Waals surface area contributed by atoms with Gasteiger partial charge in [-0.2, -0.15) is 0 Å². The van der Waals surface area contributed by atoms with Crippen LogP contribution in [0.15, 0.2) is 0 Å². The highest BCUT2D eigenvalue weighted by atomic mass is 14.3. The smallest absolute Gasteiger partial charge is 0.0354 e. The summed E-state index contributed by atoms with van der Waals surface area (Å²) in [6, 6.07) is 0. The molecule has 176 valence electrons. The van der Waals surface area contributed by atoms with Crippen molar-refractivity contribution >= 4 is 0 Å². The normalized spacial score (nSPS) is 12.2. The summed E-state index contributed by atoms with van der Waals surface area (Å²) in [5, 5.41) is 0. The molecule has 0 heterocycles. The molecule has 0 heteroatoms. The fraction of sp³-hybridized carbons (Fsp3) is 1.00. The van der Waals surface area contributed by atoms with Gasteiger partial charge in [0.15, 0.2) is 0 Å². The third-order valence-electron chi connectivity index (χ3n) is 7.04. The standard InChI is InChI=1S/C29H60/c1-6-8-10-12-14-16-18-20-22-24-26-28(29(3,4)5)27-25-23-21-19-17-15-13-11-9-7-2/h28H,6-27H2,1-5H3. The minimum Gasteiger partial charge on any atom is -0.0654 e. The average Bonchev–Trinajstić information content (AvgIpc) is 2.68. The average molecular weight is 409 g/mol. The van der Waals surface area contributed by atoms with Gasteiger partial charge in [-0.3, -0.25) is 0 Å². The predicted molar refractivity (Wildman–Crippen MR) is 136 cm³/mol. The van der Waals surface area contributed by atoms with Gasteiger partial charge < -0.3 is 0 Å². The topological polar surface area (TPSA) is 0 Å². The van der Waals surface area contributed by atoms with E-state index in [1.54, 1.807) is 0 Å². The Balaban J connectivity index is 3.61. The minimum atomic E-state index is 0.499. The fourth-order valence-electron chi connectivity index (χ4n) is 4.77. The third kappa shape index (κ3) is 21.0. The summed E-state index contributed by atoms with van der Waals surface area (Å²) in [7, 11) is 0. The van der Waals surface area contributed by atoms with E-state index in [9.17, 15) is 0 Å². The molecule has 0 radical (unpaired) electrons. The predicted octanol–water partition coefficient (Wildman–Crippen LogP) is 11.3. The number of unbranched alkanes of at least 4 members (excludes halogenated alkanes) is 18. The summed E-state index contributed by atoms with van der Waals surface area (Å²) in [4.78, 5) is 0. The number of hydrogen-bond acceptors (Lipinski definition) is 0. The second-order valence-electron chi connectivity index (χ2n) is 11.0. The first-order valence-corrected chi connectivity index (χ1v) is 14.0.